The van der Waals surface area contributed by atoms with Gasteiger partial charge in [-0.1, -0.05) is 6.42 Å². The SMILES string of the molecule is O=C1CCCCC2SCCC12. The van der Waals surface area contributed by atoms with Crippen molar-refractivity contribution in [2.24, 2.45) is 5.92 Å². The fourth-order valence-corrected chi connectivity index (χ4v) is 3.68. The number of carbonyl (C=O) groups is 1. The maximum absolute atomic E-state index is 11.5. The summed E-state index contributed by atoms with van der Waals surface area (Å²) >= 11 is 2.02. The third-order valence-electron chi connectivity index (χ3n) is 2.78. The van der Waals surface area contributed by atoms with Crippen LogP contribution in [-0.4, -0.2) is 16.8 Å². The average molecular weight is 170 g/mol. The Hall–Kier alpha value is 0.0200. The van der Waals surface area contributed by atoms with Gasteiger partial charge in [-0.3, -0.25) is 4.79 Å². The molecule has 1 aliphatic heterocycles. The third-order valence-corrected chi connectivity index (χ3v) is 4.25. The molecule has 0 aromatic heterocycles. The topological polar surface area (TPSA) is 17.1 Å². The normalized spacial score (nSPS) is 38.4. The van der Waals surface area contributed by atoms with Gasteiger partial charge in [-0.25, -0.2) is 0 Å². The molecule has 2 rings (SSSR count). The number of rotatable bonds is 0. The van der Waals surface area contributed by atoms with Crippen molar-refractivity contribution in [1.29, 1.82) is 0 Å². The van der Waals surface area contributed by atoms with Crippen LogP contribution in [-0.2, 0) is 4.79 Å². The molecular weight excluding hydrogens is 156 g/mol. The van der Waals surface area contributed by atoms with Crippen molar-refractivity contribution in [3.05, 3.63) is 0 Å². The molecule has 2 aliphatic rings. The minimum Gasteiger partial charge on any atom is -0.299 e. The molecule has 1 nitrogen and oxygen atoms in total. The Morgan fingerprint density at radius 3 is 3.09 bits per heavy atom. The summed E-state index contributed by atoms with van der Waals surface area (Å²) in [4.78, 5) is 11.5. The van der Waals surface area contributed by atoms with Gasteiger partial charge in [0.25, 0.3) is 0 Å². The fraction of sp³-hybridized carbons (Fsp3) is 0.889. The van der Waals surface area contributed by atoms with Crippen LogP contribution in [0.1, 0.15) is 32.1 Å². The van der Waals surface area contributed by atoms with Gasteiger partial charge >= 0.3 is 0 Å². The maximum Gasteiger partial charge on any atom is 0.137 e. The zero-order valence-corrected chi connectivity index (χ0v) is 7.53. The van der Waals surface area contributed by atoms with Gasteiger partial charge in [-0.2, -0.15) is 11.8 Å². The van der Waals surface area contributed by atoms with Gasteiger partial charge in [0, 0.05) is 17.6 Å². The molecule has 2 fully saturated rings. The molecule has 0 spiro atoms. The van der Waals surface area contributed by atoms with E-state index in [1.54, 1.807) is 0 Å². The highest BCUT2D eigenvalue weighted by Gasteiger charge is 2.34. The van der Waals surface area contributed by atoms with Crippen LogP contribution in [0.2, 0.25) is 0 Å². The summed E-state index contributed by atoms with van der Waals surface area (Å²) in [6.07, 6.45) is 5.74. The van der Waals surface area contributed by atoms with Crippen LogP contribution < -0.4 is 0 Å². The van der Waals surface area contributed by atoms with Crippen LogP contribution in [0.15, 0.2) is 0 Å². The lowest BCUT2D eigenvalue weighted by molar-refractivity contribution is -0.122. The van der Waals surface area contributed by atoms with Crippen molar-refractivity contribution in [1.82, 2.24) is 0 Å². The van der Waals surface area contributed by atoms with Crippen molar-refractivity contribution in [3.63, 3.8) is 0 Å². The highest BCUT2D eigenvalue weighted by molar-refractivity contribution is 8.00. The monoisotopic (exact) mass is 170 g/mol. The van der Waals surface area contributed by atoms with Gasteiger partial charge in [0.1, 0.15) is 5.78 Å². The molecule has 1 heterocycles. The van der Waals surface area contributed by atoms with Crippen LogP contribution in [0.3, 0.4) is 0 Å². The summed E-state index contributed by atoms with van der Waals surface area (Å²) in [6.45, 7) is 0. The quantitative estimate of drug-likeness (QED) is 0.554. The van der Waals surface area contributed by atoms with E-state index in [1.165, 1.54) is 18.6 Å². The Morgan fingerprint density at radius 1 is 1.27 bits per heavy atom. The lowest BCUT2D eigenvalue weighted by Gasteiger charge is -2.12. The predicted octanol–water partition coefficient (Wildman–Crippen LogP) is 2.25. The predicted molar refractivity (Wildman–Crippen MR) is 47.8 cm³/mol. The summed E-state index contributed by atoms with van der Waals surface area (Å²) in [5, 5.41) is 0.699. The van der Waals surface area contributed by atoms with E-state index in [1.807, 2.05) is 11.8 Å². The molecule has 0 N–H and O–H groups in total. The molecule has 62 valence electrons. The lowest BCUT2D eigenvalue weighted by atomic mass is 9.96. The van der Waals surface area contributed by atoms with E-state index in [0.29, 0.717) is 17.0 Å². The summed E-state index contributed by atoms with van der Waals surface area (Å²) < 4.78 is 0. The summed E-state index contributed by atoms with van der Waals surface area (Å²) in [5.41, 5.74) is 0. The van der Waals surface area contributed by atoms with Gasteiger partial charge in [0.05, 0.1) is 0 Å². The summed E-state index contributed by atoms with van der Waals surface area (Å²) in [6, 6.07) is 0. The number of carbonyl (C=O) groups excluding carboxylic acids is 1. The van der Waals surface area contributed by atoms with Gasteiger partial charge in [0.15, 0.2) is 0 Å². The second-order valence-corrected chi connectivity index (χ2v) is 4.86. The summed E-state index contributed by atoms with van der Waals surface area (Å²) in [7, 11) is 0. The first kappa shape index (κ1) is 7.66. The van der Waals surface area contributed by atoms with Crippen molar-refractivity contribution >= 4 is 17.5 Å². The Labute approximate surface area is 71.9 Å². The molecule has 0 bridgehead atoms. The number of fused-ring (bicyclic) bond motifs is 1. The van der Waals surface area contributed by atoms with E-state index in [2.05, 4.69) is 0 Å². The second-order valence-electron chi connectivity index (χ2n) is 3.52. The minimum absolute atomic E-state index is 0.447. The Balaban J connectivity index is 2.09. The number of Topliss-reactive ketones (excluding diaryl/α,β-unsaturated/α-hetero) is 1. The molecule has 11 heavy (non-hydrogen) atoms. The highest BCUT2D eigenvalue weighted by atomic mass is 32.2. The first-order valence-electron chi connectivity index (χ1n) is 4.52. The zero-order valence-electron chi connectivity index (χ0n) is 6.71. The minimum atomic E-state index is 0.447. The van der Waals surface area contributed by atoms with Gasteiger partial charge in [-0.15, -0.1) is 0 Å². The van der Waals surface area contributed by atoms with E-state index >= 15 is 0 Å². The molecule has 0 radical (unpaired) electrons. The van der Waals surface area contributed by atoms with Gasteiger partial charge in [0.2, 0.25) is 0 Å². The first-order valence-corrected chi connectivity index (χ1v) is 5.57. The summed E-state index contributed by atoms with van der Waals surface area (Å²) in [5.74, 6) is 2.22. The van der Waals surface area contributed by atoms with E-state index < -0.39 is 0 Å². The Morgan fingerprint density at radius 2 is 2.18 bits per heavy atom. The smallest absolute Gasteiger partial charge is 0.137 e. The molecule has 0 amide bonds. The standard InChI is InChI=1S/C9H14OS/c10-8-3-1-2-4-9-7(8)5-6-11-9/h7,9H,1-6H2. The van der Waals surface area contributed by atoms with Gasteiger partial charge < -0.3 is 0 Å². The van der Waals surface area contributed by atoms with Crippen LogP contribution in [0.25, 0.3) is 0 Å². The second kappa shape index (κ2) is 3.18. The average Bonchev–Trinajstić information content (AvgIpc) is 2.40. The number of hydrogen-bond donors (Lipinski definition) is 0. The Kier molecular flexibility index (Phi) is 2.21. The number of ketones is 1. The van der Waals surface area contributed by atoms with Crippen LogP contribution in [0, 0.1) is 5.92 Å². The first-order chi connectivity index (χ1) is 5.38. The molecular formula is C9H14OS. The fourth-order valence-electron chi connectivity index (χ4n) is 2.13. The lowest BCUT2D eigenvalue weighted by Crippen LogP contribution is -2.18. The molecule has 2 atom stereocenters. The molecule has 1 aliphatic carbocycles. The van der Waals surface area contributed by atoms with Crippen LogP contribution in [0.5, 0.6) is 0 Å². The van der Waals surface area contributed by atoms with E-state index in [4.69, 9.17) is 0 Å². The number of hydrogen-bond acceptors (Lipinski definition) is 2. The van der Waals surface area contributed by atoms with Gasteiger partial charge in [-0.05, 0) is 25.0 Å². The molecule has 2 unspecified atom stereocenters. The van der Waals surface area contributed by atoms with Crippen molar-refractivity contribution in [3.8, 4) is 0 Å². The molecule has 2 heteroatoms. The molecule has 1 saturated heterocycles. The largest absolute Gasteiger partial charge is 0.299 e. The van der Waals surface area contributed by atoms with E-state index in [9.17, 15) is 4.79 Å². The molecule has 0 aromatic carbocycles. The maximum atomic E-state index is 11.5. The molecule has 0 aromatic rings. The van der Waals surface area contributed by atoms with Crippen molar-refractivity contribution < 1.29 is 4.79 Å². The zero-order chi connectivity index (χ0) is 7.68. The van der Waals surface area contributed by atoms with Crippen molar-refractivity contribution in [2.45, 2.75) is 37.4 Å². The van der Waals surface area contributed by atoms with Crippen LogP contribution in [0.4, 0.5) is 0 Å². The van der Waals surface area contributed by atoms with Crippen molar-refractivity contribution in [2.75, 3.05) is 5.75 Å². The Bertz CT molecular complexity index is 167. The van der Waals surface area contributed by atoms with E-state index in [-0.39, 0.29) is 0 Å². The number of thioether (sulfide) groups is 1. The molecule has 1 saturated carbocycles. The highest BCUT2D eigenvalue weighted by Crippen LogP contribution is 2.38. The van der Waals surface area contributed by atoms with E-state index in [0.717, 1.165) is 19.3 Å². The van der Waals surface area contributed by atoms with Crippen LogP contribution >= 0.6 is 11.8 Å². The third kappa shape index (κ3) is 1.46.